The zero-order valence-corrected chi connectivity index (χ0v) is 14.5. The molecule has 1 saturated heterocycles. The first-order chi connectivity index (χ1) is 12.0. The third kappa shape index (κ3) is 3.62. The normalized spacial score (nSPS) is 17.8. The van der Waals surface area contributed by atoms with Gasteiger partial charge in [-0.1, -0.05) is 12.1 Å². The van der Waals surface area contributed by atoms with E-state index in [1.165, 1.54) is 0 Å². The molecule has 5 nitrogen and oxygen atoms in total. The molecule has 0 bridgehead atoms. The van der Waals surface area contributed by atoms with Gasteiger partial charge >= 0.3 is 0 Å². The van der Waals surface area contributed by atoms with Gasteiger partial charge in [0.15, 0.2) is 0 Å². The summed E-state index contributed by atoms with van der Waals surface area (Å²) in [5, 5.41) is 0. The number of hydrogen-bond donors (Lipinski definition) is 0. The maximum Gasteiger partial charge on any atom is 0.233 e. The van der Waals surface area contributed by atoms with Crippen LogP contribution in [0.3, 0.4) is 0 Å². The molecule has 132 valence electrons. The molecule has 0 N–H and O–H groups in total. The van der Waals surface area contributed by atoms with E-state index in [9.17, 15) is 4.79 Å². The van der Waals surface area contributed by atoms with E-state index in [0.29, 0.717) is 30.2 Å². The van der Waals surface area contributed by atoms with Gasteiger partial charge < -0.3 is 9.64 Å². The Bertz CT molecular complexity index is 730. The van der Waals surface area contributed by atoms with Gasteiger partial charge in [-0.25, -0.2) is 14.4 Å². The Morgan fingerprint density at radius 2 is 1.92 bits per heavy atom. The fraction of sp³-hybridized carbons (Fsp3) is 0.421. The molecule has 1 aliphatic rings. The minimum absolute atomic E-state index is 0.0566. The van der Waals surface area contributed by atoms with E-state index in [1.807, 2.05) is 0 Å². The predicted octanol–water partition coefficient (Wildman–Crippen LogP) is 3.08. The van der Waals surface area contributed by atoms with Crippen molar-refractivity contribution in [2.45, 2.75) is 31.4 Å². The quantitative estimate of drug-likeness (QED) is 0.856. The van der Waals surface area contributed by atoms with Gasteiger partial charge in [-0.05, 0) is 30.7 Å². The van der Waals surface area contributed by atoms with E-state index in [0.717, 1.165) is 0 Å². The molecule has 1 aromatic carbocycles. The van der Waals surface area contributed by atoms with Crippen molar-refractivity contribution in [1.29, 1.82) is 0 Å². The second-order valence-electron chi connectivity index (χ2n) is 6.35. The SMILES string of the molecule is COc1cccc(C2(F)CCN(C(=O)C(C)c3ncccn3)CC2)c1. The number of amides is 1. The highest BCUT2D eigenvalue weighted by molar-refractivity contribution is 5.82. The van der Waals surface area contributed by atoms with Crippen molar-refractivity contribution < 1.29 is 13.9 Å². The van der Waals surface area contributed by atoms with Gasteiger partial charge in [-0.3, -0.25) is 4.79 Å². The Balaban J connectivity index is 1.67. The molecule has 1 aromatic heterocycles. The molecule has 1 aliphatic heterocycles. The lowest BCUT2D eigenvalue weighted by Crippen LogP contribution is -2.45. The first kappa shape index (κ1) is 17.3. The summed E-state index contributed by atoms with van der Waals surface area (Å²) >= 11 is 0. The second kappa shape index (κ2) is 7.17. The molecule has 6 heteroatoms. The molecule has 1 amide bonds. The van der Waals surface area contributed by atoms with Gasteiger partial charge in [-0.2, -0.15) is 0 Å². The predicted molar refractivity (Wildman–Crippen MR) is 92.0 cm³/mol. The van der Waals surface area contributed by atoms with Crippen molar-refractivity contribution in [3.05, 3.63) is 54.1 Å². The highest BCUT2D eigenvalue weighted by Crippen LogP contribution is 2.38. The minimum atomic E-state index is -1.43. The van der Waals surface area contributed by atoms with Crippen molar-refractivity contribution >= 4 is 5.91 Å². The average Bonchev–Trinajstić information content (AvgIpc) is 2.68. The molecular weight excluding hydrogens is 321 g/mol. The van der Waals surface area contributed by atoms with Crippen LogP contribution < -0.4 is 4.74 Å². The van der Waals surface area contributed by atoms with Crippen LogP contribution in [-0.2, 0) is 10.5 Å². The van der Waals surface area contributed by atoms with Crippen LogP contribution in [0.1, 0.15) is 37.1 Å². The fourth-order valence-corrected chi connectivity index (χ4v) is 3.19. The van der Waals surface area contributed by atoms with Crippen molar-refractivity contribution in [3.8, 4) is 5.75 Å². The molecule has 0 radical (unpaired) electrons. The topological polar surface area (TPSA) is 55.3 Å². The van der Waals surface area contributed by atoms with Crippen LogP contribution in [0.25, 0.3) is 0 Å². The molecule has 0 spiro atoms. The Morgan fingerprint density at radius 1 is 1.24 bits per heavy atom. The van der Waals surface area contributed by atoms with E-state index < -0.39 is 11.6 Å². The molecule has 0 saturated carbocycles. The third-order valence-corrected chi connectivity index (χ3v) is 4.80. The Labute approximate surface area is 146 Å². The molecule has 1 atom stereocenters. The summed E-state index contributed by atoms with van der Waals surface area (Å²) in [4.78, 5) is 22.6. The van der Waals surface area contributed by atoms with E-state index in [1.54, 1.807) is 61.7 Å². The number of piperidine rings is 1. The zero-order chi connectivity index (χ0) is 17.9. The summed E-state index contributed by atoms with van der Waals surface area (Å²) in [5.74, 6) is 0.657. The third-order valence-electron chi connectivity index (χ3n) is 4.80. The maximum absolute atomic E-state index is 15.4. The summed E-state index contributed by atoms with van der Waals surface area (Å²) in [6.07, 6.45) is 3.79. The summed E-state index contributed by atoms with van der Waals surface area (Å²) < 4.78 is 20.5. The van der Waals surface area contributed by atoms with Crippen molar-refractivity contribution in [3.63, 3.8) is 0 Å². The van der Waals surface area contributed by atoms with Crippen LogP contribution in [0, 0.1) is 0 Å². The lowest BCUT2D eigenvalue weighted by atomic mass is 9.85. The Kier molecular flexibility index (Phi) is 4.97. The standard InChI is InChI=1S/C19H22FN3O2/c1-14(17-21-9-4-10-22-17)18(24)23-11-7-19(20,8-12-23)15-5-3-6-16(13-15)25-2/h3-6,9-10,13-14H,7-8,11-12H2,1-2H3. The number of likely N-dealkylation sites (tertiary alicyclic amines) is 1. The van der Waals surface area contributed by atoms with Crippen molar-refractivity contribution in [1.82, 2.24) is 14.9 Å². The smallest absolute Gasteiger partial charge is 0.233 e. The number of aromatic nitrogens is 2. The molecule has 3 rings (SSSR count). The number of rotatable bonds is 4. The molecule has 0 aliphatic carbocycles. The maximum atomic E-state index is 15.4. The number of hydrogen-bond acceptors (Lipinski definition) is 4. The van der Waals surface area contributed by atoms with Crippen LogP contribution >= 0.6 is 0 Å². The van der Waals surface area contributed by atoms with Gasteiger partial charge in [0.1, 0.15) is 17.2 Å². The van der Waals surface area contributed by atoms with Gasteiger partial charge in [0.25, 0.3) is 0 Å². The fourth-order valence-electron chi connectivity index (χ4n) is 3.19. The summed E-state index contributed by atoms with van der Waals surface area (Å²) in [6.45, 7) is 2.55. The van der Waals surface area contributed by atoms with E-state index in [-0.39, 0.29) is 18.7 Å². The van der Waals surface area contributed by atoms with Crippen LogP contribution in [-0.4, -0.2) is 41.0 Å². The van der Waals surface area contributed by atoms with Crippen molar-refractivity contribution in [2.24, 2.45) is 0 Å². The number of halogens is 1. The number of nitrogens with zero attached hydrogens (tertiary/aromatic N) is 3. The zero-order valence-electron chi connectivity index (χ0n) is 14.5. The lowest BCUT2D eigenvalue weighted by molar-refractivity contribution is -0.135. The van der Waals surface area contributed by atoms with E-state index in [2.05, 4.69) is 9.97 Å². The molecule has 2 heterocycles. The second-order valence-corrected chi connectivity index (χ2v) is 6.35. The first-order valence-electron chi connectivity index (χ1n) is 8.42. The monoisotopic (exact) mass is 343 g/mol. The number of ether oxygens (including phenoxy) is 1. The summed E-state index contributed by atoms with van der Waals surface area (Å²) in [6, 6.07) is 8.82. The number of carbonyl (C=O) groups excluding carboxylic acids is 1. The summed E-state index contributed by atoms with van der Waals surface area (Å²) in [7, 11) is 1.57. The van der Waals surface area contributed by atoms with Gasteiger partial charge in [0.2, 0.25) is 5.91 Å². The van der Waals surface area contributed by atoms with E-state index >= 15 is 4.39 Å². The van der Waals surface area contributed by atoms with Crippen LogP contribution in [0.15, 0.2) is 42.7 Å². The van der Waals surface area contributed by atoms with Crippen LogP contribution in [0.5, 0.6) is 5.75 Å². The number of carbonyl (C=O) groups is 1. The van der Waals surface area contributed by atoms with Gasteiger partial charge in [-0.15, -0.1) is 0 Å². The highest BCUT2D eigenvalue weighted by atomic mass is 19.1. The van der Waals surface area contributed by atoms with Crippen LogP contribution in [0.2, 0.25) is 0 Å². The minimum Gasteiger partial charge on any atom is -0.497 e. The largest absolute Gasteiger partial charge is 0.497 e. The highest BCUT2D eigenvalue weighted by Gasteiger charge is 2.38. The Hall–Kier alpha value is -2.50. The molecule has 25 heavy (non-hydrogen) atoms. The van der Waals surface area contributed by atoms with Crippen molar-refractivity contribution in [2.75, 3.05) is 20.2 Å². The molecule has 1 fully saturated rings. The van der Waals surface area contributed by atoms with Gasteiger partial charge in [0, 0.05) is 38.3 Å². The lowest BCUT2D eigenvalue weighted by Gasteiger charge is -2.37. The summed E-state index contributed by atoms with van der Waals surface area (Å²) in [5.41, 5.74) is -0.823. The van der Waals surface area contributed by atoms with E-state index in [4.69, 9.17) is 4.74 Å². The first-order valence-corrected chi connectivity index (χ1v) is 8.42. The van der Waals surface area contributed by atoms with Gasteiger partial charge in [0.05, 0.1) is 13.0 Å². The molecular formula is C19H22FN3O2. The number of alkyl halides is 1. The average molecular weight is 343 g/mol. The molecule has 2 aromatic rings. The number of methoxy groups -OCH3 is 1. The van der Waals surface area contributed by atoms with Crippen LogP contribution in [0.4, 0.5) is 4.39 Å². The number of benzene rings is 1. The Morgan fingerprint density at radius 3 is 2.56 bits per heavy atom. The molecule has 1 unspecified atom stereocenters.